The number of methoxy groups -OCH3 is 1. The summed E-state index contributed by atoms with van der Waals surface area (Å²) in [5.74, 6) is 0.833. The lowest BCUT2D eigenvalue weighted by Crippen LogP contribution is -2.53. The summed E-state index contributed by atoms with van der Waals surface area (Å²) in [4.78, 5) is 35.2. The first kappa shape index (κ1) is 24.4. The van der Waals surface area contributed by atoms with Crippen LogP contribution in [0.4, 0.5) is 5.69 Å². The molecule has 2 aliphatic rings. The third kappa shape index (κ3) is 4.48. The summed E-state index contributed by atoms with van der Waals surface area (Å²) in [5, 5.41) is 2.03. The number of para-hydroxylation sites is 2. The Morgan fingerprint density at radius 3 is 2.42 bits per heavy atom. The van der Waals surface area contributed by atoms with Gasteiger partial charge in [-0.15, -0.1) is 11.3 Å². The molecular formula is C29H33N3O3S. The average Bonchev–Trinajstić information content (AvgIpc) is 3.44. The van der Waals surface area contributed by atoms with Gasteiger partial charge in [-0.25, -0.2) is 0 Å². The van der Waals surface area contributed by atoms with Crippen LogP contribution in [0.5, 0.6) is 5.75 Å². The Bertz CT molecular complexity index is 1220. The minimum atomic E-state index is -0.422. The van der Waals surface area contributed by atoms with Crippen molar-refractivity contribution in [2.75, 3.05) is 44.7 Å². The lowest BCUT2D eigenvalue weighted by molar-refractivity contribution is -0.135. The van der Waals surface area contributed by atoms with Gasteiger partial charge >= 0.3 is 0 Å². The van der Waals surface area contributed by atoms with Crippen LogP contribution in [0.15, 0.2) is 66.0 Å². The molecule has 1 aromatic heterocycles. The standard InChI is InChI=1S/C29H33N3O3S/c1-20(2)19-32-27(25-13-8-18-36-25)26(21-9-4-5-10-22(21)28(32)33)29(34)31-16-14-30(15-17-31)23-11-6-7-12-24(23)35-3/h4-13,18,20,26-27H,14-17,19H2,1-3H3. The highest BCUT2D eigenvalue weighted by Gasteiger charge is 2.46. The molecule has 5 rings (SSSR count). The number of hydrogen-bond donors (Lipinski definition) is 0. The molecule has 188 valence electrons. The predicted molar refractivity (Wildman–Crippen MR) is 144 cm³/mol. The van der Waals surface area contributed by atoms with E-state index < -0.39 is 5.92 Å². The Morgan fingerprint density at radius 1 is 1.00 bits per heavy atom. The Kier molecular flexibility index (Phi) is 7.01. The van der Waals surface area contributed by atoms with Gasteiger partial charge in [0.25, 0.3) is 5.91 Å². The maximum atomic E-state index is 14.3. The van der Waals surface area contributed by atoms with Crippen molar-refractivity contribution in [1.82, 2.24) is 9.80 Å². The fourth-order valence-corrected chi connectivity index (χ4v) is 6.36. The second-order valence-electron chi connectivity index (χ2n) is 9.86. The van der Waals surface area contributed by atoms with Gasteiger partial charge < -0.3 is 19.4 Å². The first-order valence-corrected chi connectivity index (χ1v) is 13.5. The van der Waals surface area contributed by atoms with Gasteiger partial charge in [0.05, 0.1) is 24.8 Å². The minimum absolute atomic E-state index is 0.0164. The van der Waals surface area contributed by atoms with Gasteiger partial charge in [0.15, 0.2) is 0 Å². The molecule has 3 heterocycles. The molecule has 2 atom stereocenters. The molecule has 0 radical (unpaired) electrons. The van der Waals surface area contributed by atoms with Crippen LogP contribution in [0.25, 0.3) is 0 Å². The zero-order valence-electron chi connectivity index (χ0n) is 21.1. The molecule has 0 N–H and O–H groups in total. The highest BCUT2D eigenvalue weighted by Crippen LogP contribution is 2.45. The second-order valence-corrected chi connectivity index (χ2v) is 10.8. The number of amides is 2. The Morgan fingerprint density at radius 2 is 1.72 bits per heavy atom. The van der Waals surface area contributed by atoms with E-state index >= 15 is 0 Å². The maximum Gasteiger partial charge on any atom is 0.254 e. The van der Waals surface area contributed by atoms with E-state index in [1.807, 2.05) is 63.7 Å². The van der Waals surface area contributed by atoms with Gasteiger partial charge in [-0.1, -0.05) is 50.2 Å². The smallest absolute Gasteiger partial charge is 0.254 e. The second kappa shape index (κ2) is 10.3. The number of fused-ring (bicyclic) bond motifs is 1. The molecule has 1 saturated heterocycles. The number of ether oxygens (including phenoxy) is 1. The summed E-state index contributed by atoms with van der Waals surface area (Å²) in [6, 6.07) is 19.5. The van der Waals surface area contributed by atoms with E-state index in [0.29, 0.717) is 31.1 Å². The number of carbonyl (C=O) groups excluding carboxylic acids is 2. The number of nitrogens with zero attached hydrogens (tertiary/aromatic N) is 3. The van der Waals surface area contributed by atoms with E-state index in [1.165, 1.54) is 0 Å². The van der Waals surface area contributed by atoms with E-state index in [4.69, 9.17) is 4.74 Å². The monoisotopic (exact) mass is 503 g/mol. The molecule has 6 nitrogen and oxygen atoms in total. The summed E-state index contributed by atoms with van der Waals surface area (Å²) in [6.45, 7) is 7.58. The molecule has 2 unspecified atom stereocenters. The summed E-state index contributed by atoms with van der Waals surface area (Å²) in [5.41, 5.74) is 2.55. The average molecular weight is 504 g/mol. The van der Waals surface area contributed by atoms with Crippen LogP contribution in [0, 0.1) is 5.92 Å². The lowest BCUT2D eigenvalue weighted by Gasteiger charge is -2.45. The van der Waals surface area contributed by atoms with Crippen molar-refractivity contribution in [3.8, 4) is 5.75 Å². The molecule has 7 heteroatoms. The third-order valence-electron chi connectivity index (χ3n) is 7.12. The molecule has 0 bridgehead atoms. The number of hydrogen-bond acceptors (Lipinski definition) is 5. The summed E-state index contributed by atoms with van der Waals surface area (Å²) in [7, 11) is 1.69. The summed E-state index contributed by atoms with van der Waals surface area (Å²) < 4.78 is 5.56. The third-order valence-corrected chi connectivity index (χ3v) is 8.06. The minimum Gasteiger partial charge on any atom is -0.495 e. The maximum absolute atomic E-state index is 14.3. The molecule has 2 amide bonds. The van der Waals surface area contributed by atoms with Gasteiger partial charge in [0, 0.05) is 43.2 Å². The SMILES string of the molecule is COc1ccccc1N1CCN(C(=O)C2c3ccccc3C(=O)N(CC(C)C)C2c2cccs2)CC1. The highest BCUT2D eigenvalue weighted by molar-refractivity contribution is 7.10. The number of benzene rings is 2. The van der Waals surface area contributed by atoms with Crippen molar-refractivity contribution in [2.45, 2.75) is 25.8 Å². The fourth-order valence-electron chi connectivity index (χ4n) is 5.48. The quantitative estimate of drug-likeness (QED) is 0.473. The molecular weight excluding hydrogens is 470 g/mol. The van der Waals surface area contributed by atoms with Crippen molar-refractivity contribution in [3.05, 3.63) is 82.0 Å². The van der Waals surface area contributed by atoms with E-state index in [0.717, 1.165) is 35.0 Å². The van der Waals surface area contributed by atoms with Crippen molar-refractivity contribution in [1.29, 1.82) is 0 Å². The fraction of sp³-hybridized carbons (Fsp3) is 0.379. The molecule has 0 spiro atoms. The zero-order valence-corrected chi connectivity index (χ0v) is 21.9. The largest absolute Gasteiger partial charge is 0.495 e. The van der Waals surface area contributed by atoms with Crippen molar-refractivity contribution in [3.63, 3.8) is 0 Å². The zero-order chi connectivity index (χ0) is 25.2. The Labute approximate surface area is 217 Å². The van der Waals surface area contributed by atoms with Crippen molar-refractivity contribution in [2.24, 2.45) is 5.92 Å². The summed E-state index contributed by atoms with van der Waals surface area (Å²) in [6.07, 6.45) is 0. The number of rotatable bonds is 6. The molecule has 36 heavy (non-hydrogen) atoms. The normalized spacial score (nSPS) is 20.0. The Balaban J connectivity index is 1.46. The molecule has 0 saturated carbocycles. The van der Waals surface area contributed by atoms with Crippen LogP contribution >= 0.6 is 11.3 Å². The van der Waals surface area contributed by atoms with Crippen LogP contribution in [0.1, 0.15) is 46.6 Å². The molecule has 0 aliphatic carbocycles. The van der Waals surface area contributed by atoms with E-state index in [2.05, 4.69) is 30.9 Å². The lowest BCUT2D eigenvalue weighted by atomic mass is 9.80. The van der Waals surface area contributed by atoms with Crippen molar-refractivity contribution >= 4 is 28.8 Å². The van der Waals surface area contributed by atoms with Gasteiger partial charge in [-0.3, -0.25) is 9.59 Å². The van der Waals surface area contributed by atoms with Crippen LogP contribution in [-0.4, -0.2) is 61.4 Å². The predicted octanol–water partition coefficient (Wildman–Crippen LogP) is 5.04. The van der Waals surface area contributed by atoms with Gasteiger partial charge in [0.1, 0.15) is 5.75 Å². The van der Waals surface area contributed by atoms with Crippen molar-refractivity contribution < 1.29 is 14.3 Å². The first-order valence-electron chi connectivity index (χ1n) is 12.6. The van der Waals surface area contributed by atoms with Crippen LogP contribution in [0.2, 0.25) is 0 Å². The van der Waals surface area contributed by atoms with Crippen LogP contribution in [-0.2, 0) is 4.79 Å². The van der Waals surface area contributed by atoms with E-state index in [-0.39, 0.29) is 17.9 Å². The number of anilines is 1. The van der Waals surface area contributed by atoms with Crippen LogP contribution < -0.4 is 9.64 Å². The van der Waals surface area contributed by atoms with E-state index in [1.54, 1.807) is 18.4 Å². The highest BCUT2D eigenvalue weighted by atomic mass is 32.1. The number of thiophene rings is 1. The van der Waals surface area contributed by atoms with Gasteiger partial charge in [-0.05, 0) is 41.1 Å². The van der Waals surface area contributed by atoms with Gasteiger partial charge in [-0.2, -0.15) is 0 Å². The Hall–Kier alpha value is -3.32. The number of carbonyl (C=O) groups is 2. The first-order chi connectivity index (χ1) is 17.5. The van der Waals surface area contributed by atoms with E-state index in [9.17, 15) is 9.59 Å². The molecule has 2 aliphatic heterocycles. The van der Waals surface area contributed by atoms with Gasteiger partial charge in [0.2, 0.25) is 5.91 Å². The molecule has 2 aromatic carbocycles. The van der Waals surface area contributed by atoms with Crippen LogP contribution in [0.3, 0.4) is 0 Å². The molecule has 3 aromatic rings. The molecule has 1 fully saturated rings. The topological polar surface area (TPSA) is 53.1 Å². The summed E-state index contributed by atoms with van der Waals surface area (Å²) >= 11 is 1.62. The number of piperazine rings is 1.